The molecule has 1 heterocycles. The molecule has 1 saturated heterocycles. The van der Waals surface area contributed by atoms with E-state index >= 15 is 0 Å². The van der Waals surface area contributed by atoms with Crippen molar-refractivity contribution in [3.05, 3.63) is 28.8 Å². The SMILES string of the molecule is CN(C)Cc1cc(N2CCNCC2)ccc1Cl. The Bertz CT molecular complexity index is 373. The van der Waals surface area contributed by atoms with Crippen LogP contribution >= 0.6 is 11.6 Å². The molecule has 0 radical (unpaired) electrons. The number of hydrogen-bond acceptors (Lipinski definition) is 3. The van der Waals surface area contributed by atoms with Gasteiger partial charge in [-0.05, 0) is 37.9 Å². The molecule has 94 valence electrons. The summed E-state index contributed by atoms with van der Waals surface area (Å²) in [4.78, 5) is 4.55. The first kappa shape index (κ1) is 12.7. The van der Waals surface area contributed by atoms with Crippen molar-refractivity contribution < 1.29 is 0 Å². The largest absolute Gasteiger partial charge is 0.369 e. The zero-order valence-corrected chi connectivity index (χ0v) is 11.3. The van der Waals surface area contributed by atoms with Gasteiger partial charge in [-0.2, -0.15) is 0 Å². The van der Waals surface area contributed by atoms with E-state index in [1.807, 2.05) is 6.07 Å². The first-order valence-electron chi connectivity index (χ1n) is 6.05. The van der Waals surface area contributed by atoms with E-state index in [-0.39, 0.29) is 0 Å². The Morgan fingerprint density at radius 3 is 2.65 bits per heavy atom. The van der Waals surface area contributed by atoms with Crippen LogP contribution in [-0.2, 0) is 6.54 Å². The highest BCUT2D eigenvalue weighted by atomic mass is 35.5. The zero-order valence-electron chi connectivity index (χ0n) is 10.5. The number of halogens is 1. The molecular weight excluding hydrogens is 234 g/mol. The lowest BCUT2D eigenvalue weighted by Gasteiger charge is -2.30. The summed E-state index contributed by atoms with van der Waals surface area (Å²) in [5.41, 5.74) is 2.49. The summed E-state index contributed by atoms with van der Waals surface area (Å²) in [5, 5.41) is 4.23. The molecule has 0 aromatic heterocycles. The second-order valence-corrected chi connectivity index (χ2v) is 5.16. The van der Waals surface area contributed by atoms with Crippen LogP contribution in [0.15, 0.2) is 18.2 Å². The summed E-state index contributed by atoms with van der Waals surface area (Å²) in [6.45, 7) is 5.15. The van der Waals surface area contributed by atoms with E-state index in [1.165, 1.54) is 11.3 Å². The van der Waals surface area contributed by atoms with Crippen molar-refractivity contribution in [2.75, 3.05) is 45.2 Å². The van der Waals surface area contributed by atoms with E-state index in [0.717, 1.165) is 37.7 Å². The Morgan fingerprint density at radius 2 is 2.00 bits per heavy atom. The molecule has 3 nitrogen and oxygen atoms in total. The molecule has 0 spiro atoms. The van der Waals surface area contributed by atoms with Gasteiger partial charge >= 0.3 is 0 Å². The highest BCUT2D eigenvalue weighted by molar-refractivity contribution is 6.31. The van der Waals surface area contributed by atoms with Crippen molar-refractivity contribution in [1.29, 1.82) is 0 Å². The Labute approximate surface area is 108 Å². The zero-order chi connectivity index (χ0) is 12.3. The van der Waals surface area contributed by atoms with Gasteiger partial charge in [-0.25, -0.2) is 0 Å². The molecule has 0 unspecified atom stereocenters. The second-order valence-electron chi connectivity index (χ2n) is 4.75. The average Bonchev–Trinajstić information content (AvgIpc) is 2.32. The van der Waals surface area contributed by atoms with Crippen molar-refractivity contribution in [3.8, 4) is 0 Å². The summed E-state index contributed by atoms with van der Waals surface area (Å²) < 4.78 is 0. The van der Waals surface area contributed by atoms with Gasteiger partial charge in [0.25, 0.3) is 0 Å². The molecule has 1 aromatic rings. The van der Waals surface area contributed by atoms with Crippen LogP contribution in [0.1, 0.15) is 5.56 Å². The van der Waals surface area contributed by atoms with Gasteiger partial charge < -0.3 is 15.1 Å². The third kappa shape index (κ3) is 3.35. The molecule has 0 saturated carbocycles. The lowest BCUT2D eigenvalue weighted by molar-refractivity contribution is 0.402. The molecule has 1 N–H and O–H groups in total. The van der Waals surface area contributed by atoms with Gasteiger partial charge in [-0.15, -0.1) is 0 Å². The third-order valence-corrected chi connectivity index (χ3v) is 3.37. The standard InChI is InChI=1S/C13H20ClN3/c1-16(2)10-11-9-12(3-4-13(11)14)17-7-5-15-6-8-17/h3-4,9,15H,5-8,10H2,1-2H3. The summed E-state index contributed by atoms with van der Waals surface area (Å²) in [6.07, 6.45) is 0. The number of anilines is 1. The fourth-order valence-electron chi connectivity index (χ4n) is 2.14. The van der Waals surface area contributed by atoms with Crippen molar-refractivity contribution in [3.63, 3.8) is 0 Å². The first-order chi connectivity index (χ1) is 8.16. The quantitative estimate of drug-likeness (QED) is 0.887. The van der Waals surface area contributed by atoms with Gasteiger partial charge in [0.05, 0.1) is 0 Å². The molecule has 2 rings (SSSR count). The maximum absolute atomic E-state index is 6.22. The number of nitrogens with one attached hydrogen (secondary N) is 1. The smallest absolute Gasteiger partial charge is 0.0452 e. The maximum atomic E-state index is 6.22. The summed E-state index contributed by atoms with van der Waals surface area (Å²) in [6, 6.07) is 6.35. The van der Waals surface area contributed by atoms with Crippen LogP contribution in [0.3, 0.4) is 0 Å². The molecule has 1 aliphatic heterocycles. The lowest BCUT2D eigenvalue weighted by Crippen LogP contribution is -2.43. The molecule has 1 aliphatic rings. The fourth-order valence-corrected chi connectivity index (χ4v) is 2.32. The Morgan fingerprint density at radius 1 is 1.29 bits per heavy atom. The monoisotopic (exact) mass is 253 g/mol. The number of benzene rings is 1. The predicted octanol–water partition coefficient (Wildman–Crippen LogP) is 1.81. The van der Waals surface area contributed by atoms with Gasteiger partial charge in [0.15, 0.2) is 0 Å². The van der Waals surface area contributed by atoms with Crippen LogP contribution in [0.5, 0.6) is 0 Å². The number of hydrogen-bond donors (Lipinski definition) is 1. The van der Waals surface area contributed by atoms with Crippen molar-refractivity contribution in [1.82, 2.24) is 10.2 Å². The lowest BCUT2D eigenvalue weighted by atomic mass is 10.1. The normalized spacial score (nSPS) is 16.6. The number of nitrogens with zero attached hydrogens (tertiary/aromatic N) is 2. The topological polar surface area (TPSA) is 18.5 Å². The van der Waals surface area contributed by atoms with Crippen LogP contribution in [0, 0.1) is 0 Å². The number of piperazine rings is 1. The molecule has 0 atom stereocenters. The molecule has 0 bridgehead atoms. The molecule has 1 fully saturated rings. The molecule has 0 amide bonds. The summed E-state index contributed by atoms with van der Waals surface area (Å²) in [7, 11) is 4.13. The highest BCUT2D eigenvalue weighted by Crippen LogP contribution is 2.24. The molecule has 17 heavy (non-hydrogen) atoms. The van der Waals surface area contributed by atoms with E-state index in [0.29, 0.717) is 0 Å². The van der Waals surface area contributed by atoms with Gasteiger partial charge in [0.2, 0.25) is 0 Å². The van der Waals surface area contributed by atoms with Gasteiger partial charge in [-0.1, -0.05) is 11.6 Å². The first-order valence-corrected chi connectivity index (χ1v) is 6.43. The summed E-state index contributed by atoms with van der Waals surface area (Å²) >= 11 is 6.22. The summed E-state index contributed by atoms with van der Waals surface area (Å²) in [5.74, 6) is 0. The van der Waals surface area contributed by atoms with E-state index < -0.39 is 0 Å². The second kappa shape index (κ2) is 5.71. The van der Waals surface area contributed by atoms with Gasteiger partial charge in [0.1, 0.15) is 0 Å². The fraction of sp³-hybridized carbons (Fsp3) is 0.538. The molecule has 4 heteroatoms. The minimum Gasteiger partial charge on any atom is -0.369 e. The van der Waals surface area contributed by atoms with Gasteiger partial charge in [0, 0.05) is 43.4 Å². The van der Waals surface area contributed by atoms with Crippen LogP contribution in [-0.4, -0.2) is 45.2 Å². The molecule has 0 aliphatic carbocycles. The minimum atomic E-state index is 0.859. The van der Waals surface area contributed by atoms with E-state index in [4.69, 9.17) is 11.6 Å². The van der Waals surface area contributed by atoms with E-state index in [2.05, 4.69) is 41.3 Å². The predicted molar refractivity (Wildman–Crippen MR) is 73.9 cm³/mol. The average molecular weight is 254 g/mol. The van der Waals surface area contributed by atoms with E-state index in [9.17, 15) is 0 Å². The van der Waals surface area contributed by atoms with Crippen LogP contribution in [0.4, 0.5) is 5.69 Å². The van der Waals surface area contributed by atoms with Crippen molar-refractivity contribution in [2.24, 2.45) is 0 Å². The van der Waals surface area contributed by atoms with Crippen LogP contribution in [0.25, 0.3) is 0 Å². The minimum absolute atomic E-state index is 0.859. The molecule has 1 aromatic carbocycles. The molecular formula is C13H20ClN3. The maximum Gasteiger partial charge on any atom is 0.0452 e. The Balaban J connectivity index is 2.17. The van der Waals surface area contributed by atoms with Crippen molar-refractivity contribution >= 4 is 17.3 Å². The van der Waals surface area contributed by atoms with Crippen LogP contribution < -0.4 is 10.2 Å². The van der Waals surface area contributed by atoms with Gasteiger partial charge in [-0.3, -0.25) is 0 Å². The van der Waals surface area contributed by atoms with Crippen molar-refractivity contribution in [2.45, 2.75) is 6.54 Å². The van der Waals surface area contributed by atoms with E-state index in [1.54, 1.807) is 0 Å². The highest BCUT2D eigenvalue weighted by Gasteiger charge is 2.12. The van der Waals surface area contributed by atoms with Crippen LogP contribution in [0.2, 0.25) is 5.02 Å². The Hall–Kier alpha value is -0.770. The number of rotatable bonds is 3. The Kier molecular flexibility index (Phi) is 4.26. The third-order valence-electron chi connectivity index (χ3n) is 3.00.